The first-order chi connectivity index (χ1) is 18.0. The molecule has 4 aliphatic rings. The van der Waals surface area contributed by atoms with Crippen molar-refractivity contribution in [1.82, 2.24) is 9.80 Å². The molecule has 0 aliphatic carbocycles. The minimum absolute atomic E-state index is 0.0736. The summed E-state index contributed by atoms with van der Waals surface area (Å²) in [7, 11) is 1.36. The lowest BCUT2D eigenvalue weighted by Gasteiger charge is -2.27. The highest BCUT2D eigenvalue weighted by atomic mass is 32.2. The van der Waals surface area contributed by atoms with E-state index in [-0.39, 0.29) is 14.1 Å². The first kappa shape index (κ1) is 32.4. The van der Waals surface area contributed by atoms with Gasteiger partial charge < -0.3 is 19.3 Å². The van der Waals surface area contributed by atoms with Gasteiger partial charge in [0.2, 0.25) is 0 Å². The summed E-state index contributed by atoms with van der Waals surface area (Å²) in [6.45, 7) is 11.8. The highest BCUT2D eigenvalue weighted by Crippen LogP contribution is 2.53. The highest BCUT2D eigenvalue weighted by Gasteiger charge is 2.53. The zero-order valence-corrected chi connectivity index (χ0v) is 26.9. The number of esters is 1. The van der Waals surface area contributed by atoms with Gasteiger partial charge in [-0.05, 0) is 41.5 Å². The monoisotopic (exact) mass is 624 g/mol. The first-order valence-corrected chi connectivity index (χ1v) is 16.8. The molecule has 0 aromatic heterocycles. The van der Waals surface area contributed by atoms with Crippen LogP contribution in [-0.2, 0) is 23.8 Å². The average Bonchev–Trinajstić information content (AvgIpc) is 3.60. The summed E-state index contributed by atoms with van der Waals surface area (Å²) >= 11 is 7.18. The van der Waals surface area contributed by atoms with E-state index in [4.69, 9.17) is 14.2 Å². The third kappa shape index (κ3) is 8.45. The molecule has 0 aromatic carbocycles. The summed E-state index contributed by atoms with van der Waals surface area (Å²) in [5.41, 5.74) is -1.17. The molecule has 39 heavy (non-hydrogen) atoms. The molecular formula is C25H40N2O8S4. The van der Waals surface area contributed by atoms with Gasteiger partial charge in [-0.25, -0.2) is 19.2 Å². The Morgan fingerprint density at radius 1 is 0.718 bits per heavy atom. The van der Waals surface area contributed by atoms with Crippen LogP contribution in [0.25, 0.3) is 0 Å². The Bertz CT molecular complexity index is 939. The Morgan fingerprint density at radius 3 is 1.41 bits per heavy atom. The topological polar surface area (TPSA) is 123 Å². The predicted octanol–water partition coefficient (Wildman–Crippen LogP) is 4.60. The number of carbonyl (C=O) groups is 4. The lowest BCUT2D eigenvalue weighted by atomic mass is 10.2. The van der Waals surface area contributed by atoms with Crippen molar-refractivity contribution in [1.29, 1.82) is 0 Å². The quantitative estimate of drug-likeness (QED) is 0.341. The van der Waals surface area contributed by atoms with Crippen LogP contribution < -0.4 is 0 Å². The van der Waals surface area contributed by atoms with Crippen molar-refractivity contribution in [2.45, 2.75) is 85.8 Å². The van der Waals surface area contributed by atoms with Crippen molar-refractivity contribution in [3.63, 3.8) is 0 Å². The summed E-state index contributed by atoms with van der Waals surface area (Å²) < 4.78 is 15.3. The number of amides is 2. The lowest BCUT2D eigenvalue weighted by molar-refractivity contribution is -0.145. The molecule has 10 nitrogen and oxygen atoms in total. The van der Waals surface area contributed by atoms with Crippen LogP contribution in [0, 0.1) is 0 Å². The molecular weight excluding hydrogens is 585 g/mol. The van der Waals surface area contributed by atoms with Crippen molar-refractivity contribution in [3.8, 4) is 0 Å². The Balaban J connectivity index is 0.000000216. The molecule has 0 bridgehead atoms. The van der Waals surface area contributed by atoms with E-state index in [1.54, 1.807) is 44.3 Å². The van der Waals surface area contributed by atoms with Crippen molar-refractivity contribution in [3.05, 3.63) is 0 Å². The molecule has 0 aromatic rings. The summed E-state index contributed by atoms with van der Waals surface area (Å²) in [5.74, 6) is 2.83. The zero-order chi connectivity index (χ0) is 29.2. The molecule has 2 spiro atoms. The minimum Gasteiger partial charge on any atom is -0.480 e. The predicted molar refractivity (Wildman–Crippen MR) is 158 cm³/mol. The average molecular weight is 625 g/mol. The van der Waals surface area contributed by atoms with Gasteiger partial charge in [0, 0.05) is 48.9 Å². The molecule has 222 valence electrons. The Hall–Kier alpha value is -1.12. The van der Waals surface area contributed by atoms with Crippen LogP contribution in [0.15, 0.2) is 0 Å². The molecule has 2 atom stereocenters. The molecule has 4 aliphatic heterocycles. The fourth-order valence-corrected chi connectivity index (χ4v) is 11.2. The Labute approximate surface area is 247 Å². The van der Waals surface area contributed by atoms with Gasteiger partial charge in [-0.15, -0.1) is 47.0 Å². The van der Waals surface area contributed by atoms with Gasteiger partial charge in [0.25, 0.3) is 0 Å². The van der Waals surface area contributed by atoms with E-state index >= 15 is 0 Å². The fourth-order valence-electron chi connectivity index (χ4n) is 4.68. The largest absolute Gasteiger partial charge is 0.480 e. The van der Waals surface area contributed by atoms with Crippen molar-refractivity contribution < 1.29 is 38.5 Å². The third-order valence-corrected chi connectivity index (χ3v) is 13.1. The number of carboxylic acids is 1. The van der Waals surface area contributed by atoms with Gasteiger partial charge >= 0.3 is 24.1 Å². The van der Waals surface area contributed by atoms with Crippen molar-refractivity contribution in [2.24, 2.45) is 0 Å². The number of ether oxygens (including phenoxy) is 3. The molecule has 0 radical (unpaired) electrons. The second-order valence-electron chi connectivity index (χ2n) is 11.7. The number of rotatable bonds is 2. The molecule has 0 saturated carbocycles. The van der Waals surface area contributed by atoms with Gasteiger partial charge in [0.05, 0.1) is 15.3 Å². The van der Waals surface area contributed by atoms with Crippen LogP contribution in [0.3, 0.4) is 0 Å². The van der Waals surface area contributed by atoms with Gasteiger partial charge in [0.1, 0.15) is 23.3 Å². The van der Waals surface area contributed by atoms with E-state index in [0.29, 0.717) is 25.9 Å². The maximum absolute atomic E-state index is 12.3. The summed E-state index contributed by atoms with van der Waals surface area (Å²) in [4.78, 5) is 50.6. The number of carboxylic acid groups (broad SMARTS) is 1. The molecule has 0 unspecified atom stereocenters. The van der Waals surface area contributed by atoms with E-state index in [0.717, 1.165) is 23.0 Å². The number of hydrogen-bond acceptors (Lipinski definition) is 11. The van der Waals surface area contributed by atoms with Crippen LogP contribution in [0.2, 0.25) is 0 Å². The van der Waals surface area contributed by atoms with E-state index in [2.05, 4.69) is 0 Å². The normalized spacial score (nSPS) is 25.4. The Morgan fingerprint density at radius 2 is 1.08 bits per heavy atom. The highest BCUT2D eigenvalue weighted by molar-refractivity contribution is 8.21. The zero-order valence-electron chi connectivity index (χ0n) is 23.6. The van der Waals surface area contributed by atoms with E-state index < -0.39 is 41.4 Å². The number of nitrogens with zero attached hydrogens (tertiary/aromatic N) is 2. The lowest BCUT2D eigenvalue weighted by Crippen LogP contribution is -2.44. The number of likely N-dealkylation sites (tertiary alicyclic amines) is 2. The van der Waals surface area contributed by atoms with Crippen LogP contribution >= 0.6 is 47.0 Å². The number of methoxy groups -OCH3 is 1. The number of aliphatic carboxylic acids is 1. The standard InChI is InChI=1S/C13H21NO4S2.C12H19NO4S2/c1-12(2,3)18-11(16)14-8-13(19-5-6-20-13)7-9(14)10(15)17-4;1-11(2,3)17-10(16)13-7-12(18-4-5-19-12)6-8(13)9(14)15/h9H,5-8H2,1-4H3;8H,4-7H2,1-3H3,(H,14,15)/t9-;8-/m00/s1. The molecule has 4 heterocycles. The molecule has 4 fully saturated rings. The van der Waals surface area contributed by atoms with Crippen LogP contribution in [0.5, 0.6) is 0 Å². The third-order valence-electron chi connectivity index (χ3n) is 6.23. The fraction of sp³-hybridized carbons (Fsp3) is 0.840. The molecule has 1 N–H and O–H groups in total. The number of carbonyl (C=O) groups excluding carboxylic acids is 3. The first-order valence-electron chi connectivity index (χ1n) is 12.8. The minimum atomic E-state index is -0.948. The van der Waals surface area contributed by atoms with E-state index in [9.17, 15) is 24.3 Å². The number of thioether (sulfide) groups is 4. The van der Waals surface area contributed by atoms with E-state index in [1.165, 1.54) is 16.9 Å². The molecule has 2 amide bonds. The van der Waals surface area contributed by atoms with Crippen LogP contribution in [0.4, 0.5) is 9.59 Å². The number of hydrogen-bond donors (Lipinski definition) is 1. The SMILES string of the molecule is CC(C)(C)OC(=O)N1CC2(C[C@H]1C(=O)O)SCCS2.COC(=O)[C@@H]1CC2(CN1C(=O)OC(C)(C)C)SCCS2. The van der Waals surface area contributed by atoms with Crippen molar-refractivity contribution in [2.75, 3.05) is 43.2 Å². The second-order valence-corrected chi connectivity index (χ2v) is 18.2. The smallest absolute Gasteiger partial charge is 0.411 e. The molecule has 14 heteroatoms. The molecule has 4 rings (SSSR count). The maximum Gasteiger partial charge on any atom is 0.411 e. The van der Waals surface area contributed by atoms with Crippen LogP contribution in [-0.4, -0.2) is 114 Å². The second kappa shape index (κ2) is 12.4. The van der Waals surface area contributed by atoms with Gasteiger partial charge in [-0.2, -0.15) is 0 Å². The van der Waals surface area contributed by atoms with Gasteiger partial charge in [-0.3, -0.25) is 9.80 Å². The van der Waals surface area contributed by atoms with Gasteiger partial charge in [0.15, 0.2) is 0 Å². The maximum atomic E-state index is 12.3. The molecule has 4 saturated heterocycles. The van der Waals surface area contributed by atoms with Gasteiger partial charge in [-0.1, -0.05) is 0 Å². The summed E-state index contributed by atoms with van der Waals surface area (Å²) in [6, 6.07) is -1.30. The summed E-state index contributed by atoms with van der Waals surface area (Å²) in [6.07, 6.45) is 0.174. The van der Waals surface area contributed by atoms with Crippen LogP contribution in [0.1, 0.15) is 54.4 Å². The summed E-state index contributed by atoms with van der Waals surface area (Å²) in [5, 5.41) is 9.31. The van der Waals surface area contributed by atoms with Crippen molar-refractivity contribution >= 4 is 71.2 Å². The van der Waals surface area contributed by atoms with E-state index in [1.807, 2.05) is 44.3 Å². The Kier molecular flexibility index (Phi) is 10.3.